The standard InChI is InChI=1S/C12H17BrCl2O2/c1-7(16)17-10-4-11(13)12(2,3)5-8(10)9(15)6-14/h5,9-11H,4,6H2,1-3H3. The first-order valence-electron chi connectivity index (χ1n) is 5.52. The highest BCUT2D eigenvalue weighted by atomic mass is 79.9. The molecule has 2 nitrogen and oxygen atoms in total. The highest BCUT2D eigenvalue weighted by molar-refractivity contribution is 9.09. The van der Waals surface area contributed by atoms with Crippen molar-refractivity contribution in [2.24, 2.45) is 5.41 Å². The Kier molecular flexibility index (Phi) is 5.36. The molecule has 1 aliphatic rings. The van der Waals surface area contributed by atoms with Gasteiger partial charge >= 0.3 is 5.97 Å². The van der Waals surface area contributed by atoms with Crippen molar-refractivity contribution in [2.45, 2.75) is 43.5 Å². The van der Waals surface area contributed by atoms with Crippen molar-refractivity contribution in [3.63, 3.8) is 0 Å². The van der Waals surface area contributed by atoms with E-state index in [1.54, 1.807) is 0 Å². The second-order valence-electron chi connectivity index (χ2n) is 4.89. The van der Waals surface area contributed by atoms with Gasteiger partial charge in [-0.1, -0.05) is 35.9 Å². The van der Waals surface area contributed by atoms with Crippen molar-refractivity contribution in [1.29, 1.82) is 0 Å². The number of halogens is 3. The predicted molar refractivity (Wildman–Crippen MR) is 75.1 cm³/mol. The summed E-state index contributed by atoms with van der Waals surface area (Å²) >= 11 is 15.6. The molecule has 0 N–H and O–H groups in total. The minimum absolute atomic E-state index is 0.0226. The Hall–Kier alpha value is 0.270. The molecule has 0 radical (unpaired) electrons. The molecular weight excluding hydrogens is 327 g/mol. The summed E-state index contributed by atoms with van der Waals surface area (Å²) in [6.07, 6.45) is 2.52. The van der Waals surface area contributed by atoms with Crippen LogP contribution in [0.2, 0.25) is 0 Å². The Morgan fingerprint density at radius 1 is 1.71 bits per heavy atom. The number of ether oxygens (including phenoxy) is 1. The van der Waals surface area contributed by atoms with Crippen LogP contribution in [0.1, 0.15) is 27.2 Å². The van der Waals surface area contributed by atoms with Gasteiger partial charge in [0.15, 0.2) is 0 Å². The third-order valence-corrected chi connectivity index (χ3v) is 5.37. The predicted octanol–water partition coefficient (Wildman–Crippen LogP) is 3.88. The fraction of sp³-hybridized carbons (Fsp3) is 0.750. The monoisotopic (exact) mass is 342 g/mol. The molecular formula is C12H17BrCl2O2. The van der Waals surface area contributed by atoms with E-state index in [0.29, 0.717) is 5.88 Å². The van der Waals surface area contributed by atoms with Crippen molar-refractivity contribution in [2.75, 3.05) is 5.88 Å². The number of allylic oxidation sites excluding steroid dienone is 1. The van der Waals surface area contributed by atoms with Crippen LogP contribution in [0.4, 0.5) is 0 Å². The average Bonchev–Trinajstić information content (AvgIpc) is 2.21. The van der Waals surface area contributed by atoms with Crippen LogP contribution in [0.25, 0.3) is 0 Å². The van der Waals surface area contributed by atoms with E-state index in [9.17, 15) is 4.79 Å². The molecule has 0 saturated carbocycles. The zero-order valence-corrected chi connectivity index (χ0v) is 13.3. The molecule has 0 bridgehead atoms. The van der Waals surface area contributed by atoms with Crippen LogP contribution in [0.15, 0.2) is 11.6 Å². The molecule has 0 aromatic rings. The summed E-state index contributed by atoms with van der Waals surface area (Å²) in [6.45, 7) is 5.65. The number of carbonyl (C=O) groups is 1. The van der Waals surface area contributed by atoms with Crippen molar-refractivity contribution in [1.82, 2.24) is 0 Å². The first-order valence-corrected chi connectivity index (χ1v) is 7.40. The summed E-state index contributed by atoms with van der Waals surface area (Å²) in [5.41, 5.74) is 0.892. The summed E-state index contributed by atoms with van der Waals surface area (Å²) < 4.78 is 5.31. The SMILES string of the molecule is CC(=O)OC1CC(Br)C(C)(C)C=C1C(Cl)CCl. The molecule has 1 aliphatic carbocycles. The van der Waals surface area contributed by atoms with Gasteiger partial charge in [0.05, 0.1) is 5.38 Å². The van der Waals surface area contributed by atoms with Crippen molar-refractivity contribution >= 4 is 45.1 Å². The van der Waals surface area contributed by atoms with E-state index in [-0.39, 0.29) is 27.7 Å². The molecule has 3 atom stereocenters. The molecule has 98 valence electrons. The minimum Gasteiger partial charge on any atom is -0.458 e. The van der Waals surface area contributed by atoms with Crippen LogP contribution < -0.4 is 0 Å². The molecule has 0 spiro atoms. The van der Waals surface area contributed by atoms with Crippen LogP contribution in [0.5, 0.6) is 0 Å². The van der Waals surface area contributed by atoms with Gasteiger partial charge < -0.3 is 4.74 Å². The summed E-state index contributed by atoms with van der Waals surface area (Å²) in [5.74, 6) is 0.0208. The first kappa shape index (κ1) is 15.3. The number of alkyl halides is 3. The quantitative estimate of drug-likeness (QED) is 0.441. The minimum atomic E-state index is -0.293. The Morgan fingerprint density at radius 3 is 2.76 bits per heavy atom. The van der Waals surface area contributed by atoms with E-state index in [2.05, 4.69) is 35.9 Å². The van der Waals surface area contributed by atoms with E-state index in [1.807, 2.05) is 0 Å². The Labute approximate surface area is 121 Å². The van der Waals surface area contributed by atoms with Crippen LogP contribution in [0.3, 0.4) is 0 Å². The van der Waals surface area contributed by atoms with Crippen molar-refractivity contribution in [3.05, 3.63) is 11.6 Å². The van der Waals surface area contributed by atoms with Gasteiger partial charge in [-0.15, -0.1) is 23.2 Å². The molecule has 3 unspecified atom stereocenters. The van der Waals surface area contributed by atoms with Gasteiger partial charge in [-0.3, -0.25) is 4.79 Å². The molecule has 0 fully saturated rings. The van der Waals surface area contributed by atoms with Gasteiger partial charge in [-0.25, -0.2) is 0 Å². The maximum Gasteiger partial charge on any atom is 0.303 e. The Bertz CT molecular complexity index is 328. The summed E-state index contributed by atoms with van der Waals surface area (Å²) in [5, 5.41) is -0.291. The van der Waals surface area contributed by atoms with Crippen LogP contribution in [-0.2, 0) is 9.53 Å². The van der Waals surface area contributed by atoms with Crippen molar-refractivity contribution in [3.8, 4) is 0 Å². The molecule has 1 rings (SSSR count). The summed E-state index contributed by atoms with van der Waals surface area (Å²) in [4.78, 5) is 11.3. The van der Waals surface area contributed by atoms with Gasteiger partial charge in [0.1, 0.15) is 6.10 Å². The number of carbonyl (C=O) groups excluding carboxylic acids is 1. The smallest absolute Gasteiger partial charge is 0.303 e. The van der Waals surface area contributed by atoms with Crippen LogP contribution in [0, 0.1) is 5.41 Å². The number of esters is 1. The van der Waals surface area contributed by atoms with E-state index in [0.717, 1.165) is 12.0 Å². The average molecular weight is 344 g/mol. The van der Waals surface area contributed by atoms with E-state index in [1.165, 1.54) is 6.92 Å². The largest absolute Gasteiger partial charge is 0.458 e. The third-order valence-electron chi connectivity index (χ3n) is 2.94. The van der Waals surface area contributed by atoms with Gasteiger partial charge in [0.25, 0.3) is 0 Å². The Morgan fingerprint density at radius 2 is 2.29 bits per heavy atom. The van der Waals surface area contributed by atoms with E-state index >= 15 is 0 Å². The molecule has 0 amide bonds. The lowest BCUT2D eigenvalue weighted by molar-refractivity contribution is -0.145. The van der Waals surface area contributed by atoms with E-state index in [4.69, 9.17) is 27.9 Å². The lowest BCUT2D eigenvalue weighted by atomic mass is 9.77. The Balaban J connectivity index is 3.00. The van der Waals surface area contributed by atoms with Crippen molar-refractivity contribution < 1.29 is 9.53 Å². The lowest BCUT2D eigenvalue weighted by Gasteiger charge is -2.38. The summed E-state index contributed by atoms with van der Waals surface area (Å²) in [7, 11) is 0. The number of hydrogen-bond donors (Lipinski definition) is 0. The maximum atomic E-state index is 11.1. The third kappa shape index (κ3) is 3.87. The molecule has 0 heterocycles. The molecule has 0 saturated heterocycles. The zero-order valence-electron chi connectivity index (χ0n) is 10.2. The topological polar surface area (TPSA) is 26.3 Å². The van der Waals surface area contributed by atoms with Gasteiger partial charge in [0.2, 0.25) is 0 Å². The second kappa shape index (κ2) is 5.94. The second-order valence-corrected chi connectivity index (χ2v) is 6.83. The first-order chi connectivity index (χ1) is 7.77. The van der Waals surface area contributed by atoms with E-state index < -0.39 is 0 Å². The number of rotatable bonds is 3. The molecule has 5 heteroatoms. The van der Waals surface area contributed by atoms with Crippen LogP contribution >= 0.6 is 39.1 Å². The zero-order chi connectivity index (χ0) is 13.2. The highest BCUT2D eigenvalue weighted by Crippen LogP contribution is 2.41. The fourth-order valence-electron chi connectivity index (χ4n) is 1.94. The normalized spacial score (nSPS) is 29.4. The molecule has 17 heavy (non-hydrogen) atoms. The molecule has 0 aromatic carbocycles. The fourth-order valence-corrected chi connectivity index (χ4v) is 2.79. The molecule has 0 aliphatic heterocycles. The highest BCUT2D eigenvalue weighted by Gasteiger charge is 2.38. The van der Waals surface area contributed by atoms with Gasteiger partial charge in [-0.2, -0.15) is 0 Å². The van der Waals surface area contributed by atoms with Gasteiger partial charge in [-0.05, 0) is 11.0 Å². The maximum absolute atomic E-state index is 11.1. The lowest BCUT2D eigenvalue weighted by Crippen LogP contribution is -2.38. The number of hydrogen-bond acceptors (Lipinski definition) is 2. The molecule has 0 aromatic heterocycles. The van der Waals surface area contributed by atoms with Crippen LogP contribution in [-0.4, -0.2) is 28.2 Å². The summed E-state index contributed by atoms with van der Waals surface area (Å²) in [6, 6.07) is 0. The van der Waals surface area contributed by atoms with Gasteiger partial charge in [0, 0.05) is 24.1 Å².